The summed E-state index contributed by atoms with van der Waals surface area (Å²) in [5.74, 6) is 1.05. The highest BCUT2D eigenvalue weighted by molar-refractivity contribution is 7.89. The van der Waals surface area contributed by atoms with Gasteiger partial charge in [0.2, 0.25) is 5.09 Å². The van der Waals surface area contributed by atoms with Crippen molar-refractivity contribution >= 4 is 10.0 Å². The van der Waals surface area contributed by atoms with Gasteiger partial charge >= 0.3 is 0 Å². The van der Waals surface area contributed by atoms with Gasteiger partial charge in [-0.1, -0.05) is 13.8 Å². The first kappa shape index (κ1) is 15.5. The van der Waals surface area contributed by atoms with Gasteiger partial charge in [-0.25, -0.2) is 13.1 Å². The molecule has 2 N–H and O–H groups in total. The monoisotopic (exact) mass is 300 g/mol. The Hall–Kier alpha value is -0.850. The van der Waals surface area contributed by atoms with E-state index in [0.29, 0.717) is 24.3 Å². The van der Waals surface area contributed by atoms with Crippen molar-refractivity contribution in [1.82, 2.24) is 10.0 Å². The summed E-state index contributed by atoms with van der Waals surface area (Å²) in [7, 11) is -3.59. The van der Waals surface area contributed by atoms with Gasteiger partial charge in [0.15, 0.2) is 0 Å². The molecule has 114 valence electrons. The topological polar surface area (TPSA) is 71.3 Å². The highest BCUT2D eigenvalue weighted by Gasteiger charge is 2.41. The highest BCUT2D eigenvalue weighted by atomic mass is 32.2. The molecule has 0 saturated heterocycles. The van der Waals surface area contributed by atoms with Crippen LogP contribution in [0.25, 0.3) is 0 Å². The molecule has 1 fully saturated rings. The van der Waals surface area contributed by atoms with Crippen molar-refractivity contribution in [3.05, 3.63) is 17.9 Å². The molecule has 1 saturated carbocycles. The molecule has 1 heterocycles. The van der Waals surface area contributed by atoms with Crippen LogP contribution in [-0.2, 0) is 16.6 Å². The summed E-state index contributed by atoms with van der Waals surface area (Å²) in [5.41, 5.74) is -0.415. The number of nitrogens with one attached hydrogen (secondary N) is 2. The Balaban J connectivity index is 2.06. The van der Waals surface area contributed by atoms with Gasteiger partial charge in [-0.2, -0.15) is 0 Å². The Morgan fingerprint density at radius 3 is 2.55 bits per heavy atom. The van der Waals surface area contributed by atoms with Gasteiger partial charge in [-0.15, -0.1) is 0 Å². The van der Waals surface area contributed by atoms with Gasteiger partial charge < -0.3 is 9.73 Å². The van der Waals surface area contributed by atoms with Gasteiger partial charge in [0.25, 0.3) is 10.0 Å². The molecule has 6 heteroatoms. The van der Waals surface area contributed by atoms with Gasteiger partial charge in [-0.05, 0) is 44.7 Å². The molecule has 0 radical (unpaired) electrons. The van der Waals surface area contributed by atoms with Crippen LogP contribution < -0.4 is 10.0 Å². The van der Waals surface area contributed by atoms with E-state index < -0.39 is 15.6 Å². The number of hydrogen-bond acceptors (Lipinski definition) is 4. The van der Waals surface area contributed by atoms with Crippen LogP contribution >= 0.6 is 0 Å². The minimum absolute atomic E-state index is 0.00761. The molecule has 0 spiro atoms. The average molecular weight is 300 g/mol. The second-order valence-electron chi connectivity index (χ2n) is 6.36. The van der Waals surface area contributed by atoms with Crippen molar-refractivity contribution in [2.45, 2.75) is 63.8 Å². The first-order chi connectivity index (χ1) is 9.21. The number of furan rings is 1. The SMILES string of the molecule is CC(C)NCc1ccc(S(=O)(=O)NC(C)(C)C2CC2)o1. The maximum Gasteiger partial charge on any atom is 0.274 e. The smallest absolute Gasteiger partial charge is 0.274 e. The largest absolute Gasteiger partial charge is 0.447 e. The van der Waals surface area contributed by atoms with Gasteiger partial charge in [0, 0.05) is 11.6 Å². The fourth-order valence-electron chi connectivity index (χ4n) is 2.19. The Morgan fingerprint density at radius 2 is 2.00 bits per heavy atom. The third-order valence-corrected chi connectivity index (χ3v) is 5.13. The molecule has 1 aliphatic rings. The zero-order valence-corrected chi connectivity index (χ0v) is 13.4. The minimum Gasteiger partial charge on any atom is -0.447 e. The average Bonchev–Trinajstić information content (AvgIpc) is 3.05. The van der Waals surface area contributed by atoms with E-state index in [-0.39, 0.29) is 5.09 Å². The van der Waals surface area contributed by atoms with Gasteiger partial charge in [0.05, 0.1) is 6.54 Å². The van der Waals surface area contributed by atoms with Crippen molar-refractivity contribution in [3.63, 3.8) is 0 Å². The van der Waals surface area contributed by atoms with Crippen molar-refractivity contribution in [2.75, 3.05) is 0 Å². The quantitative estimate of drug-likeness (QED) is 0.810. The van der Waals surface area contributed by atoms with Crippen LogP contribution in [0.3, 0.4) is 0 Å². The molecule has 0 bridgehead atoms. The van der Waals surface area contributed by atoms with Crippen molar-refractivity contribution < 1.29 is 12.8 Å². The molecule has 0 atom stereocenters. The summed E-state index contributed by atoms with van der Waals surface area (Å²) in [5, 5.41) is 3.19. The molecule has 5 nitrogen and oxygen atoms in total. The zero-order chi connectivity index (χ0) is 15.0. The standard InChI is InChI=1S/C14H24N2O3S/c1-10(2)15-9-12-7-8-13(19-12)20(17,18)16-14(3,4)11-5-6-11/h7-8,10-11,15-16H,5-6,9H2,1-4H3. The van der Waals surface area contributed by atoms with Gasteiger partial charge in [0.1, 0.15) is 5.76 Å². The molecular weight excluding hydrogens is 276 g/mol. The second-order valence-corrected chi connectivity index (χ2v) is 7.97. The van der Waals surface area contributed by atoms with Crippen LogP contribution in [-0.4, -0.2) is 20.0 Å². The van der Waals surface area contributed by atoms with E-state index in [1.54, 1.807) is 6.07 Å². The van der Waals surface area contributed by atoms with E-state index in [0.717, 1.165) is 12.8 Å². The molecule has 2 rings (SSSR count). The Morgan fingerprint density at radius 1 is 1.35 bits per heavy atom. The lowest BCUT2D eigenvalue weighted by atomic mass is 10.0. The van der Waals surface area contributed by atoms with Gasteiger partial charge in [-0.3, -0.25) is 0 Å². The first-order valence-corrected chi connectivity index (χ1v) is 8.55. The summed E-state index contributed by atoms with van der Waals surface area (Å²) >= 11 is 0. The van der Waals surface area contributed by atoms with E-state index in [9.17, 15) is 8.42 Å². The molecule has 0 unspecified atom stereocenters. The summed E-state index contributed by atoms with van der Waals surface area (Å²) in [6.07, 6.45) is 2.16. The molecule has 1 aliphatic carbocycles. The number of rotatable bonds is 7. The van der Waals surface area contributed by atoms with Crippen LogP contribution in [0.4, 0.5) is 0 Å². The Bertz CT molecular complexity index is 557. The van der Waals surface area contributed by atoms with Crippen LogP contribution in [0, 0.1) is 5.92 Å². The van der Waals surface area contributed by atoms with Crippen molar-refractivity contribution in [2.24, 2.45) is 5.92 Å². The maximum absolute atomic E-state index is 12.3. The van der Waals surface area contributed by atoms with E-state index in [1.165, 1.54) is 6.07 Å². The Labute approximate surface area is 121 Å². The molecule has 0 amide bonds. The van der Waals surface area contributed by atoms with Crippen LogP contribution in [0.15, 0.2) is 21.6 Å². The lowest BCUT2D eigenvalue weighted by molar-refractivity contribution is 0.370. The molecule has 20 heavy (non-hydrogen) atoms. The lowest BCUT2D eigenvalue weighted by Gasteiger charge is -2.24. The predicted octanol–water partition coefficient (Wildman–Crippen LogP) is 2.24. The summed E-state index contributed by atoms with van der Waals surface area (Å²) in [6, 6.07) is 3.54. The third kappa shape index (κ3) is 3.84. The summed E-state index contributed by atoms with van der Waals surface area (Å²) in [4.78, 5) is 0. The predicted molar refractivity (Wildman–Crippen MR) is 77.8 cm³/mol. The molecule has 1 aromatic rings. The third-order valence-electron chi connectivity index (χ3n) is 3.58. The normalized spacial score (nSPS) is 16.9. The molecule has 0 aliphatic heterocycles. The van der Waals surface area contributed by atoms with E-state index in [2.05, 4.69) is 10.0 Å². The summed E-state index contributed by atoms with van der Waals surface area (Å²) < 4.78 is 32.8. The second kappa shape index (κ2) is 5.50. The number of sulfonamides is 1. The minimum atomic E-state index is -3.59. The lowest BCUT2D eigenvalue weighted by Crippen LogP contribution is -2.44. The first-order valence-electron chi connectivity index (χ1n) is 7.07. The van der Waals surface area contributed by atoms with Crippen LogP contribution in [0.2, 0.25) is 0 Å². The Kier molecular flexibility index (Phi) is 4.27. The number of hydrogen-bond donors (Lipinski definition) is 2. The van der Waals surface area contributed by atoms with Crippen molar-refractivity contribution in [1.29, 1.82) is 0 Å². The zero-order valence-electron chi connectivity index (χ0n) is 12.6. The fourth-order valence-corrected chi connectivity index (χ4v) is 3.61. The maximum atomic E-state index is 12.3. The highest BCUT2D eigenvalue weighted by Crippen LogP contribution is 2.39. The fraction of sp³-hybridized carbons (Fsp3) is 0.714. The van der Waals surface area contributed by atoms with E-state index in [1.807, 2.05) is 27.7 Å². The van der Waals surface area contributed by atoms with Crippen molar-refractivity contribution in [3.8, 4) is 0 Å². The van der Waals surface area contributed by atoms with Crippen LogP contribution in [0.5, 0.6) is 0 Å². The van der Waals surface area contributed by atoms with E-state index >= 15 is 0 Å². The summed E-state index contributed by atoms with van der Waals surface area (Å²) in [6.45, 7) is 8.43. The molecule has 0 aromatic carbocycles. The molecule has 1 aromatic heterocycles. The van der Waals surface area contributed by atoms with E-state index in [4.69, 9.17) is 4.42 Å². The van der Waals surface area contributed by atoms with Crippen LogP contribution in [0.1, 0.15) is 46.3 Å². The molecular formula is C14H24N2O3S.